The van der Waals surface area contributed by atoms with E-state index >= 15 is 0 Å². The minimum absolute atomic E-state index is 0.228. The van der Waals surface area contributed by atoms with Gasteiger partial charge in [0.15, 0.2) is 0 Å². The molecule has 0 amide bonds. The van der Waals surface area contributed by atoms with Crippen LogP contribution in [-0.4, -0.2) is 25.7 Å². The normalized spacial score (nSPS) is 18.0. The van der Waals surface area contributed by atoms with Crippen LogP contribution >= 0.6 is 7.60 Å². The lowest BCUT2D eigenvalue weighted by atomic mass is 9.58. The number of unbranched alkanes of at least 4 members (excludes halogenated alkanes) is 31. The molecule has 0 saturated heterocycles. The summed E-state index contributed by atoms with van der Waals surface area (Å²) in [6.07, 6.45) is 49.1. The molecule has 0 saturated carbocycles. The van der Waals surface area contributed by atoms with Crippen molar-refractivity contribution in [2.75, 3.05) is 0 Å². The van der Waals surface area contributed by atoms with E-state index in [0.717, 1.165) is 62.5 Å². The summed E-state index contributed by atoms with van der Waals surface area (Å²) in [4.78, 5) is 23.1. The van der Waals surface area contributed by atoms with Crippen LogP contribution in [0, 0.1) is 16.7 Å². The lowest BCUT2D eigenvalue weighted by Crippen LogP contribution is -2.51. The van der Waals surface area contributed by atoms with Crippen LogP contribution in [0.3, 0.4) is 0 Å². The van der Waals surface area contributed by atoms with Gasteiger partial charge >= 0.3 is 7.60 Å². The van der Waals surface area contributed by atoms with Crippen molar-refractivity contribution in [1.82, 2.24) is 0 Å². The molecule has 60 heavy (non-hydrogen) atoms. The van der Waals surface area contributed by atoms with Gasteiger partial charge in [-0.05, 0) is 41.2 Å². The van der Waals surface area contributed by atoms with E-state index < -0.39 is 18.4 Å². The van der Waals surface area contributed by atoms with Crippen LogP contribution in [0.5, 0.6) is 0 Å². The molecule has 2 atom stereocenters. The summed E-state index contributed by atoms with van der Waals surface area (Å²) < 4.78 is 14.1. The van der Waals surface area contributed by atoms with E-state index in [0.29, 0.717) is 19.3 Å². The molecule has 0 fully saturated rings. The predicted octanol–water partition coefficient (Wildman–Crippen LogP) is 18.7. The van der Waals surface area contributed by atoms with Crippen LogP contribution in [-0.2, 0) is 4.57 Å². The van der Waals surface area contributed by atoms with Crippen LogP contribution in [0.15, 0.2) is 23.3 Å². The summed E-state index contributed by atoms with van der Waals surface area (Å²) >= 11 is 0. The molecule has 0 heterocycles. The molecule has 0 aromatic heterocycles. The highest BCUT2D eigenvalue weighted by atomic mass is 31.2. The summed E-state index contributed by atoms with van der Waals surface area (Å²) in [5, 5.41) is 11.5. The van der Waals surface area contributed by atoms with Gasteiger partial charge in [-0.15, -0.1) is 0 Å². The fraction of sp³-hybridized carbons (Fsp3) is 0.927. The van der Waals surface area contributed by atoms with Gasteiger partial charge in [-0.25, -0.2) is 0 Å². The topological polar surface area (TPSA) is 77.8 Å². The Morgan fingerprint density at radius 3 is 1.02 bits per heavy atom. The van der Waals surface area contributed by atoms with Crippen LogP contribution < -0.4 is 0 Å². The van der Waals surface area contributed by atoms with Crippen molar-refractivity contribution in [1.29, 1.82) is 0 Å². The van der Waals surface area contributed by atoms with Crippen molar-refractivity contribution in [3.05, 3.63) is 23.3 Å². The molecule has 2 unspecified atom stereocenters. The molecule has 0 aliphatic heterocycles. The number of hydrogen-bond donors (Lipinski definition) is 3. The lowest BCUT2D eigenvalue weighted by molar-refractivity contribution is -0.0321. The molecule has 0 aromatic rings. The molecule has 356 valence electrons. The zero-order chi connectivity index (χ0) is 44.8. The Kier molecular flexibility index (Phi) is 31.0. The van der Waals surface area contributed by atoms with Crippen LogP contribution in [0.4, 0.5) is 0 Å². The third-order valence-electron chi connectivity index (χ3n) is 14.3. The smallest absolute Gasteiger partial charge is 0.335 e. The fourth-order valence-electron chi connectivity index (χ4n) is 10.5. The highest BCUT2D eigenvalue weighted by Crippen LogP contribution is 2.63. The molecule has 0 bridgehead atoms. The monoisotopic (exact) mass is 863 g/mol. The maximum atomic E-state index is 14.1. The third kappa shape index (κ3) is 23.0. The van der Waals surface area contributed by atoms with Crippen molar-refractivity contribution in [3.8, 4) is 0 Å². The lowest BCUT2D eigenvalue weighted by Gasteiger charge is -2.51. The first kappa shape index (κ1) is 57.6. The number of rotatable bonds is 39. The van der Waals surface area contributed by atoms with Crippen molar-refractivity contribution < 1.29 is 19.5 Å². The molecule has 1 aliphatic rings. The Balaban J connectivity index is 2.95. The standard InChI is InChI=1S/C55H107O4P/c1-10-13-16-18-20-22-24-26-28-30-32-34-36-38-40-42-44-54(60(57,58)59,45-43-41-39-37-35-33-31-29-27-25-23-21-19-17-14-11-2)49-47-50(52(4,5)6)55(56,46-15-12-3)51(48-49)53(7,8)9/h47-48,50,56H,10-46H2,1-9H3,(H2,57,58,59). The molecule has 1 aliphatic carbocycles. The van der Waals surface area contributed by atoms with Gasteiger partial charge in [-0.1, -0.05) is 293 Å². The fourth-order valence-corrected chi connectivity index (χ4v) is 11.9. The third-order valence-corrected chi connectivity index (χ3v) is 16.1. The molecule has 4 nitrogen and oxygen atoms in total. The van der Waals surface area contributed by atoms with E-state index in [4.69, 9.17) is 0 Å². The van der Waals surface area contributed by atoms with E-state index in [1.54, 1.807) is 0 Å². The number of hydrogen-bond acceptors (Lipinski definition) is 2. The molecule has 1 rings (SSSR count). The molecule has 0 radical (unpaired) electrons. The maximum absolute atomic E-state index is 14.1. The first-order valence-corrected chi connectivity index (χ1v) is 28.4. The van der Waals surface area contributed by atoms with Gasteiger partial charge in [-0.3, -0.25) is 4.57 Å². The molecular weight excluding hydrogens is 756 g/mol. The van der Waals surface area contributed by atoms with Gasteiger partial charge < -0.3 is 14.9 Å². The maximum Gasteiger partial charge on any atom is 0.335 e. The SMILES string of the molecule is CCCCCCCCCCCCCCCCCCC(CCCCCCCCCCCCCCCCCC)(C1=CC(C(C)(C)C)C(O)(CCCC)C(C(C)(C)C)=C1)P(=O)(O)O. The van der Waals surface area contributed by atoms with Crippen molar-refractivity contribution in [2.45, 2.75) is 311 Å². The van der Waals surface area contributed by atoms with Crippen molar-refractivity contribution in [3.63, 3.8) is 0 Å². The highest BCUT2D eigenvalue weighted by Gasteiger charge is 2.54. The summed E-state index contributed by atoms with van der Waals surface area (Å²) in [6.45, 7) is 19.8. The van der Waals surface area contributed by atoms with E-state index in [1.807, 2.05) is 0 Å². The molecule has 3 N–H and O–H groups in total. The van der Waals surface area contributed by atoms with E-state index in [1.165, 1.54) is 167 Å². The van der Waals surface area contributed by atoms with Crippen LogP contribution in [0.2, 0.25) is 0 Å². The van der Waals surface area contributed by atoms with E-state index in [9.17, 15) is 19.5 Å². The summed E-state index contributed by atoms with van der Waals surface area (Å²) in [6, 6.07) is 0. The second kappa shape index (κ2) is 32.3. The van der Waals surface area contributed by atoms with Gasteiger partial charge in [0.05, 0.1) is 10.8 Å². The summed E-state index contributed by atoms with van der Waals surface area (Å²) in [7, 11) is -4.57. The predicted molar refractivity (Wildman–Crippen MR) is 266 cm³/mol. The first-order chi connectivity index (χ1) is 28.5. The molecule has 5 heteroatoms. The quantitative estimate of drug-likeness (QED) is 0.0425. The van der Waals surface area contributed by atoms with Crippen molar-refractivity contribution >= 4 is 7.60 Å². The average Bonchev–Trinajstić information content (AvgIpc) is 3.17. The second-order valence-corrected chi connectivity index (χ2v) is 23.9. The number of aliphatic hydroxyl groups is 1. The van der Waals surface area contributed by atoms with Crippen molar-refractivity contribution in [2.24, 2.45) is 16.7 Å². The minimum atomic E-state index is -4.57. The van der Waals surface area contributed by atoms with Gasteiger partial charge in [0, 0.05) is 5.92 Å². The Bertz CT molecular complexity index is 1120. The van der Waals surface area contributed by atoms with Crippen LogP contribution in [0.1, 0.15) is 300 Å². The molecule has 0 aromatic carbocycles. The Hall–Kier alpha value is -0.410. The molecule has 0 spiro atoms. The van der Waals surface area contributed by atoms with Gasteiger partial charge in [0.2, 0.25) is 0 Å². The molecular formula is C55H107O4P. The zero-order valence-electron chi connectivity index (χ0n) is 42.1. The Morgan fingerprint density at radius 1 is 0.483 bits per heavy atom. The van der Waals surface area contributed by atoms with Gasteiger partial charge in [-0.2, -0.15) is 0 Å². The summed E-state index contributed by atoms with van der Waals surface area (Å²) in [5.41, 5.74) is 0.108. The Labute approximate surface area is 376 Å². The zero-order valence-corrected chi connectivity index (χ0v) is 43.0. The highest BCUT2D eigenvalue weighted by molar-refractivity contribution is 7.54. The average molecular weight is 863 g/mol. The largest absolute Gasteiger partial charge is 0.385 e. The Morgan fingerprint density at radius 2 is 0.767 bits per heavy atom. The second-order valence-electron chi connectivity index (χ2n) is 22.0. The number of allylic oxidation sites excluding steroid dienone is 2. The van der Waals surface area contributed by atoms with Gasteiger partial charge in [0.25, 0.3) is 0 Å². The van der Waals surface area contributed by atoms with E-state index in [-0.39, 0.29) is 16.7 Å². The summed E-state index contributed by atoms with van der Waals surface area (Å²) in [5.74, 6) is -0.228. The minimum Gasteiger partial charge on any atom is -0.385 e. The van der Waals surface area contributed by atoms with Crippen LogP contribution in [0.25, 0.3) is 0 Å². The van der Waals surface area contributed by atoms with E-state index in [2.05, 4.69) is 74.5 Å². The van der Waals surface area contributed by atoms with Gasteiger partial charge in [0.1, 0.15) is 0 Å². The first-order valence-electron chi connectivity index (χ1n) is 26.7.